The van der Waals surface area contributed by atoms with Crippen LogP contribution in [0.1, 0.15) is 5.56 Å². The lowest BCUT2D eigenvalue weighted by molar-refractivity contribution is -0.127. The van der Waals surface area contributed by atoms with Crippen molar-refractivity contribution in [2.45, 2.75) is 12.6 Å². The van der Waals surface area contributed by atoms with Crippen LogP contribution in [0.15, 0.2) is 18.2 Å². The Morgan fingerprint density at radius 3 is 2.40 bits per heavy atom. The van der Waals surface area contributed by atoms with Gasteiger partial charge in [-0.3, -0.25) is 5.84 Å². The predicted molar refractivity (Wildman–Crippen MR) is 56.3 cm³/mol. The molecule has 0 spiro atoms. The number of halogens is 5. The highest BCUT2D eigenvalue weighted by Gasteiger charge is 2.27. The Bertz CT molecular complexity index is 328. The van der Waals surface area contributed by atoms with Gasteiger partial charge < -0.3 is 5.43 Å². The maximum Gasteiger partial charge on any atom is 0.393 e. The molecule has 2 nitrogen and oxygen atoms in total. The summed E-state index contributed by atoms with van der Waals surface area (Å²) in [5.74, 6) is 5.07. The number of nitrogens with two attached hydrogens (primary N) is 1. The topological polar surface area (TPSA) is 38.0 Å². The summed E-state index contributed by atoms with van der Waals surface area (Å²) in [5, 5.41) is 0.290. The zero-order valence-electron chi connectivity index (χ0n) is 7.44. The average molecular weight is 261 g/mol. The second kappa shape index (κ2) is 5.44. The molecule has 0 heterocycles. The molecule has 0 bridgehead atoms. The molecule has 0 saturated heterocycles. The zero-order valence-corrected chi connectivity index (χ0v) is 9.01. The van der Waals surface area contributed by atoms with Gasteiger partial charge in [0.05, 0.1) is 17.1 Å². The van der Waals surface area contributed by atoms with Crippen molar-refractivity contribution in [1.29, 1.82) is 0 Å². The Morgan fingerprint density at radius 2 is 1.93 bits per heavy atom. The fraction of sp³-hybridized carbons (Fsp3) is 0.250. The van der Waals surface area contributed by atoms with Crippen LogP contribution in [0, 0.1) is 0 Å². The van der Waals surface area contributed by atoms with Crippen molar-refractivity contribution in [3.8, 4) is 0 Å². The summed E-state index contributed by atoms with van der Waals surface area (Å²) in [6.45, 7) is 0. The van der Waals surface area contributed by atoms with Gasteiger partial charge in [0.2, 0.25) is 0 Å². The summed E-state index contributed by atoms with van der Waals surface area (Å²) in [5.41, 5.74) is 2.63. The minimum Gasteiger partial charge on any atom is -0.323 e. The first-order valence-electron chi connectivity index (χ1n) is 3.74. The van der Waals surface area contributed by atoms with Gasteiger partial charge in [-0.05, 0) is 17.7 Å². The lowest BCUT2D eigenvalue weighted by Crippen LogP contribution is -2.13. The molecule has 15 heavy (non-hydrogen) atoms. The van der Waals surface area contributed by atoms with E-state index in [4.69, 9.17) is 17.4 Å². The Kier molecular flexibility index (Phi) is 5.20. The summed E-state index contributed by atoms with van der Waals surface area (Å²) in [7, 11) is 0. The van der Waals surface area contributed by atoms with Gasteiger partial charge in [0.1, 0.15) is 0 Å². The first-order valence-corrected chi connectivity index (χ1v) is 4.12. The third kappa shape index (κ3) is 4.59. The molecule has 0 aliphatic heterocycles. The number of nitrogens with one attached hydrogen (secondary N) is 1. The van der Waals surface area contributed by atoms with Gasteiger partial charge in [0.15, 0.2) is 0 Å². The van der Waals surface area contributed by atoms with Gasteiger partial charge in [-0.1, -0.05) is 17.7 Å². The van der Waals surface area contributed by atoms with Crippen LogP contribution in [-0.4, -0.2) is 6.18 Å². The SMILES string of the molecule is Cl.NNc1cc(CC(F)(F)F)ccc1Cl. The molecule has 0 atom stereocenters. The smallest absolute Gasteiger partial charge is 0.323 e. The predicted octanol–water partition coefficient (Wildman–Crippen LogP) is 3.15. The Labute approximate surface area is 96.0 Å². The van der Waals surface area contributed by atoms with Crippen molar-refractivity contribution in [1.82, 2.24) is 0 Å². The molecule has 0 radical (unpaired) electrons. The highest BCUT2D eigenvalue weighted by atomic mass is 35.5. The first-order chi connectivity index (χ1) is 6.42. The maximum absolute atomic E-state index is 12.0. The number of anilines is 1. The van der Waals surface area contributed by atoms with Crippen molar-refractivity contribution >= 4 is 29.7 Å². The van der Waals surface area contributed by atoms with Gasteiger partial charge >= 0.3 is 6.18 Å². The highest BCUT2D eigenvalue weighted by Crippen LogP contribution is 2.26. The molecule has 0 amide bonds. The fourth-order valence-electron chi connectivity index (χ4n) is 1.02. The maximum atomic E-state index is 12.0. The quantitative estimate of drug-likeness (QED) is 0.634. The molecule has 7 heteroatoms. The standard InChI is InChI=1S/C8H8ClF3N2.ClH/c9-6-2-1-5(3-7(6)14-13)4-8(10,11)12;/h1-3,14H,4,13H2;1H. The molecule has 86 valence electrons. The third-order valence-electron chi connectivity index (χ3n) is 1.59. The summed E-state index contributed by atoms with van der Waals surface area (Å²) in [6, 6.07) is 3.96. The lowest BCUT2D eigenvalue weighted by atomic mass is 10.1. The summed E-state index contributed by atoms with van der Waals surface area (Å²) in [4.78, 5) is 0. The molecule has 0 aliphatic carbocycles. The summed E-state index contributed by atoms with van der Waals surface area (Å²) in [6.07, 6.45) is -5.21. The van der Waals surface area contributed by atoms with Crippen molar-refractivity contribution in [2.24, 2.45) is 5.84 Å². The molecular formula is C8H9Cl2F3N2. The van der Waals surface area contributed by atoms with Crippen molar-refractivity contribution in [3.63, 3.8) is 0 Å². The van der Waals surface area contributed by atoms with Crippen LogP contribution in [0.3, 0.4) is 0 Å². The number of hydrogen-bond acceptors (Lipinski definition) is 2. The van der Waals surface area contributed by atoms with Gasteiger partial charge in [-0.15, -0.1) is 12.4 Å². The minimum absolute atomic E-state index is 0. The van der Waals surface area contributed by atoms with Crippen LogP contribution in [-0.2, 0) is 6.42 Å². The molecule has 0 aliphatic rings. The highest BCUT2D eigenvalue weighted by molar-refractivity contribution is 6.33. The van der Waals surface area contributed by atoms with Crippen LogP contribution in [0.5, 0.6) is 0 Å². The monoisotopic (exact) mass is 260 g/mol. The normalized spacial score (nSPS) is 10.7. The number of hydrazine groups is 1. The number of alkyl halides is 3. The molecule has 1 aromatic rings. The number of rotatable bonds is 2. The van der Waals surface area contributed by atoms with E-state index in [1.807, 2.05) is 0 Å². The van der Waals surface area contributed by atoms with Crippen LogP contribution in [0.4, 0.5) is 18.9 Å². The van der Waals surface area contributed by atoms with Crippen molar-refractivity contribution in [3.05, 3.63) is 28.8 Å². The van der Waals surface area contributed by atoms with Crippen LogP contribution < -0.4 is 11.3 Å². The van der Waals surface area contributed by atoms with E-state index in [0.717, 1.165) is 0 Å². The lowest BCUT2D eigenvalue weighted by Gasteiger charge is -2.09. The largest absolute Gasteiger partial charge is 0.393 e. The summed E-state index contributed by atoms with van der Waals surface area (Å²) >= 11 is 5.64. The molecule has 0 saturated carbocycles. The molecule has 0 unspecified atom stereocenters. The second-order valence-electron chi connectivity index (χ2n) is 2.75. The number of benzene rings is 1. The Balaban J connectivity index is 0.00000196. The molecule has 3 N–H and O–H groups in total. The van der Waals surface area contributed by atoms with Crippen LogP contribution in [0.2, 0.25) is 5.02 Å². The van der Waals surface area contributed by atoms with E-state index in [-0.39, 0.29) is 23.7 Å². The second-order valence-corrected chi connectivity index (χ2v) is 3.16. The van der Waals surface area contributed by atoms with Crippen molar-refractivity contribution < 1.29 is 13.2 Å². The fourth-order valence-corrected chi connectivity index (χ4v) is 1.20. The van der Waals surface area contributed by atoms with Gasteiger partial charge in [0.25, 0.3) is 0 Å². The van der Waals surface area contributed by atoms with Crippen molar-refractivity contribution in [2.75, 3.05) is 5.43 Å². The number of hydrogen-bond donors (Lipinski definition) is 2. The van der Waals surface area contributed by atoms with E-state index in [0.29, 0.717) is 5.02 Å². The molecular weight excluding hydrogens is 252 g/mol. The Morgan fingerprint density at radius 1 is 1.33 bits per heavy atom. The van der Waals surface area contributed by atoms with Gasteiger partial charge in [0, 0.05) is 0 Å². The molecule has 0 aromatic heterocycles. The zero-order chi connectivity index (χ0) is 10.8. The average Bonchev–Trinajstić information content (AvgIpc) is 2.06. The van der Waals surface area contributed by atoms with E-state index in [1.165, 1.54) is 18.2 Å². The molecule has 0 fully saturated rings. The van der Waals surface area contributed by atoms with E-state index < -0.39 is 12.6 Å². The minimum atomic E-state index is -4.22. The van der Waals surface area contributed by atoms with Crippen LogP contribution in [0.25, 0.3) is 0 Å². The van der Waals surface area contributed by atoms with E-state index in [2.05, 4.69) is 5.43 Å². The Hall–Kier alpha value is -0.650. The first kappa shape index (κ1) is 14.3. The van der Waals surface area contributed by atoms with Gasteiger partial charge in [-0.25, -0.2) is 0 Å². The van der Waals surface area contributed by atoms with E-state index >= 15 is 0 Å². The molecule has 1 aromatic carbocycles. The van der Waals surface area contributed by atoms with Crippen LogP contribution >= 0.6 is 24.0 Å². The van der Waals surface area contributed by atoms with Gasteiger partial charge in [-0.2, -0.15) is 13.2 Å². The summed E-state index contributed by atoms with van der Waals surface area (Å²) < 4.78 is 36.0. The number of nitrogen functional groups attached to an aromatic ring is 1. The van der Waals surface area contributed by atoms with E-state index in [1.54, 1.807) is 0 Å². The van der Waals surface area contributed by atoms with E-state index in [9.17, 15) is 13.2 Å². The third-order valence-corrected chi connectivity index (χ3v) is 1.92. The molecule has 1 rings (SSSR count).